The molecule has 5 rings (SSSR count). The Morgan fingerprint density at radius 2 is 1.91 bits per heavy atom. The van der Waals surface area contributed by atoms with Crippen LogP contribution >= 0.6 is 0 Å². The summed E-state index contributed by atoms with van der Waals surface area (Å²) >= 11 is 0. The molecular weight excluding hydrogens is 627 g/mol. The molecule has 2 bridgehead atoms. The second-order valence-electron chi connectivity index (χ2n) is 14.2. The largest absolute Gasteiger partial charge is 0.494 e. The highest BCUT2D eigenvalue weighted by Crippen LogP contribution is 2.65. The SMILES string of the molecule is CCCCOc1ccc(S(=O)(=O)N[C@@H](CCCN=C(N)N[N+](=O)[O-])C(=O)N[C@@H](CC(C)C)B2O[C@@H]3C[C@H]4C[C@H](C4(C)C)[C@]3(C)O2)cc1. The fraction of sp³-hybridized carbons (Fsp3) is 0.742. The molecule has 5 N–H and O–H groups in total. The standard InChI is InChI=1S/C31H51BN6O8S/c1-7-8-16-44-22-11-13-23(14-12-22)47(42,43)37-24(10-9-15-34-29(33)36-38(40)41)28(39)35-27(17-20(2)3)32-45-26-19-21-18-25(30(21,4)5)31(26,6)46-32/h11-14,20-21,24-27,37H,7-10,15-19H2,1-6H3,(H,35,39)(H3,33,34,36)/t21-,24+,25-,26-,27+,31+/m1/s1. The molecule has 4 aliphatic rings. The topological polar surface area (TPSA) is 197 Å². The zero-order valence-corrected chi connectivity index (χ0v) is 29.2. The van der Waals surface area contributed by atoms with Crippen molar-refractivity contribution in [3.05, 3.63) is 34.4 Å². The number of amides is 1. The van der Waals surface area contributed by atoms with Gasteiger partial charge in [-0.2, -0.15) is 4.72 Å². The number of benzene rings is 1. The second-order valence-corrected chi connectivity index (χ2v) is 15.9. The molecule has 4 fully saturated rings. The van der Waals surface area contributed by atoms with Crippen molar-refractivity contribution in [2.75, 3.05) is 13.2 Å². The Morgan fingerprint density at radius 3 is 2.53 bits per heavy atom. The molecule has 1 aliphatic heterocycles. The van der Waals surface area contributed by atoms with Crippen LogP contribution in [0.5, 0.6) is 5.75 Å². The van der Waals surface area contributed by atoms with Crippen LogP contribution in [0.2, 0.25) is 0 Å². The van der Waals surface area contributed by atoms with Gasteiger partial charge in [0.05, 0.1) is 29.1 Å². The Labute approximate surface area is 278 Å². The molecule has 3 saturated carbocycles. The lowest BCUT2D eigenvalue weighted by molar-refractivity contribution is -0.525. The van der Waals surface area contributed by atoms with Gasteiger partial charge in [-0.05, 0) is 92.9 Å². The van der Waals surface area contributed by atoms with Crippen LogP contribution in [0.1, 0.15) is 86.5 Å². The number of nitro groups is 1. The first-order valence-corrected chi connectivity index (χ1v) is 18.1. The van der Waals surface area contributed by atoms with Gasteiger partial charge in [0.1, 0.15) is 11.8 Å². The minimum atomic E-state index is -4.13. The van der Waals surface area contributed by atoms with Crippen molar-refractivity contribution in [1.29, 1.82) is 0 Å². The lowest BCUT2D eigenvalue weighted by atomic mass is 9.43. The summed E-state index contributed by atoms with van der Waals surface area (Å²) in [6.07, 6.45) is 4.60. The summed E-state index contributed by atoms with van der Waals surface area (Å²) in [5, 5.41) is 12.9. The van der Waals surface area contributed by atoms with Crippen LogP contribution in [0.25, 0.3) is 0 Å². The predicted molar refractivity (Wildman–Crippen MR) is 178 cm³/mol. The fourth-order valence-electron chi connectivity index (χ4n) is 7.27. The van der Waals surface area contributed by atoms with E-state index in [4.69, 9.17) is 19.8 Å². The van der Waals surface area contributed by atoms with Crippen molar-refractivity contribution < 1.29 is 32.3 Å². The van der Waals surface area contributed by atoms with Crippen molar-refractivity contribution in [3.8, 4) is 5.75 Å². The number of carbonyl (C=O) groups excluding carboxylic acids is 1. The normalized spacial score (nSPS) is 26.2. The average molecular weight is 679 g/mol. The van der Waals surface area contributed by atoms with Gasteiger partial charge in [-0.3, -0.25) is 4.79 Å². The first-order valence-electron chi connectivity index (χ1n) is 16.7. The zero-order valence-electron chi connectivity index (χ0n) is 28.4. The Morgan fingerprint density at radius 1 is 1.21 bits per heavy atom. The minimum absolute atomic E-state index is 0.0182. The molecule has 1 aromatic carbocycles. The average Bonchev–Trinajstić information content (AvgIpc) is 3.35. The maximum absolute atomic E-state index is 13.9. The highest BCUT2D eigenvalue weighted by molar-refractivity contribution is 7.89. The van der Waals surface area contributed by atoms with Gasteiger partial charge in [-0.1, -0.05) is 46.5 Å². The third-order valence-corrected chi connectivity index (χ3v) is 11.5. The molecule has 16 heteroatoms. The Balaban J connectivity index is 1.50. The quantitative estimate of drug-likeness (QED) is 0.0474. The number of nitrogens with two attached hydrogens (primary N) is 1. The summed E-state index contributed by atoms with van der Waals surface area (Å²) in [6.45, 7) is 13.4. The van der Waals surface area contributed by atoms with E-state index in [1.807, 2.05) is 13.8 Å². The van der Waals surface area contributed by atoms with Crippen molar-refractivity contribution in [3.63, 3.8) is 0 Å². The Kier molecular flexibility index (Phi) is 11.8. The number of guanidine groups is 1. The van der Waals surface area contributed by atoms with Crippen LogP contribution < -0.4 is 25.9 Å². The summed E-state index contributed by atoms with van der Waals surface area (Å²) < 4.78 is 48.4. The molecule has 1 amide bonds. The van der Waals surface area contributed by atoms with Gasteiger partial charge >= 0.3 is 7.12 Å². The summed E-state index contributed by atoms with van der Waals surface area (Å²) in [4.78, 5) is 28.4. The van der Waals surface area contributed by atoms with Crippen LogP contribution in [0.15, 0.2) is 34.2 Å². The number of unbranched alkanes of at least 4 members (excludes halogenated alkanes) is 1. The first kappa shape index (κ1) is 36.9. The van der Waals surface area contributed by atoms with Gasteiger partial charge in [-0.25, -0.2) is 23.5 Å². The monoisotopic (exact) mass is 678 g/mol. The molecule has 3 aliphatic carbocycles. The number of hydrogen-bond acceptors (Lipinski definition) is 9. The van der Waals surface area contributed by atoms with Crippen molar-refractivity contribution in [2.24, 2.45) is 33.9 Å². The maximum atomic E-state index is 13.9. The highest BCUT2D eigenvalue weighted by Gasteiger charge is 2.68. The van der Waals surface area contributed by atoms with Crippen molar-refractivity contribution >= 4 is 29.0 Å². The van der Waals surface area contributed by atoms with Crippen molar-refractivity contribution in [2.45, 2.75) is 115 Å². The van der Waals surface area contributed by atoms with E-state index in [2.05, 4.69) is 42.7 Å². The lowest BCUT2D eigenvalue weighted by Crippen LogP contribution is -2.65. The molecule has 0 spiro atoms. The number of hydrazine groups is 1. The summed E-state index contributed by atoms with van der Waals surface area (Å²) in [6, 6.07) is 4.85. The molecular formula is C31H51BN6O8S. The van der Waals surface area contributed by atoms with E-state index in [1.165, 1.54) is 12.1 Å². The number of rotatable bonds is 17. The Bertz CT molecular complexity index is 1390. The van der Waals surface area contributed by atoms with E-state index in [-0.39, 0.29) is 47.7 Å². The van der Waals surface area contributed by atoms with E-state index in [0.29, 0.717) is 30.6 Å². The Hall–Kier alpha value is -2.95. The van der Waals surface area contributed by atoms with Gasteiger partial charge in [-0.15, -0.1) is 0 Å². The van der Waals surface area contributed by atoms with Crippen LogP contribution in [-0.2, 0) is 24.1 Å². The minimum Gasteiger partial charge on any atom is -0.494 e. The highest BCUT2D eigenvalue weighted by atomic mass is 32.2. The van der Waals surface area contributed by atoms with E-state index < -0.39 is 45.7 Å². The number of hydrogen-bond donors (Lipinski definition) is 4. The smallest absolute Gasteiger partial charge is 0.481 e. The molecule has 47 heavy (non-hydrogen) atoms. The van der Waals surface area contributed by atoms with Crippen molar-refractivity contribution in [1.82, 2.24) is 15.5 Å². The lowest BCUT2D eigenvalue weighted by Gasteiger charge is -2.64. The van der Waals surface area contributed by atoms with E-state index >= 15 is 0 Å². The number of ether oxygens (including phenoxy) is 1. The van der Waals surface area contributed by atoms with Crippen LogP contribution in [-0.4, -0.2) is 69.3 Å². The predicted octanol–water partition coefficient (Wildman–Crippen LogP) is 3.19. The molecule has 1 saturated heterocycles. The van der Waals surface area contributed by atoms with Gasteiger partial charge in [0.25, 0.3) is 5.96 Å². The third kappa shape index (κ3) is 8.75. The maximum Gasteiger partial charge on any atom is 0.481 e. The zero-order chi connectivity index (χ0) is 34.6. The summed E-state index contributed by atoms with van der Waals surface area (Å²) in [5.41, 5.74) is 6.98. The number of aliphatic imine (C=N–C) groups is 1. The molecule has 262 valence electrons. The van der Waals surface area contributed by atoms with Gasteiger partial charge < -0.3 is 25.1 Å². The van der Waals surface area contributed by atoms with Gasteiger partial charge in [0.2, 0.25) is 15.9 Å². The van der Waals surface area contributed by atoms with E-state index in [9.17, 15) is 23.3 Å². The molecule has 0 unspecified atom stereocenters. The number of carbonyl (C=O) groups is 1. The van der Waals surface area contributed by atoms with Gasteiger partial charge in [0.15, 0.2) is 5.03 Å². The third-order valence-electron chi connectivity index (χ3n) is 10.0. The molecule has 1 aromatic rings. The van der Waals surface area contributed by atoms with Gasteiger partial charge in [0, 0.05) is 6.54 Å². The second kappa shape index (κ2) is 15.1. The number of nitrogens with zero attached hydrogens (tertiary/aromatic N) is 2. The number of nitrogens with one attached hydrogen (secondary N) is 3. The molecule has 1 heterocycles. The summed E-state index contributed by atoms with van der Waals surface area (Å²) in [5.74, 6) is 0.215. The van der Waals surface area contributed by atoms with Crippen LogP contribution in [0.3, 0.4) is 0 Å². The first-order chi connectivity index (χ1) is 22.1. The van der Waals surface area contributed by atoms with E-state index in [0.717, 1.165) is 25.7 Å². The number of sulfonamides is 1. The molecule has 0 aromatic heterocycles. The molecule has 6 atom stereocenters. The van der Waals surface area contributed by atoms with Crippen LogP contribution in [0.4, 0.5) is 0 Å². The fourth-order valence-corrected chi connectivity index (χ4v) is 8.50. The molecule has 0 radical (unpaired) electrons. The van der Waals surface area contributed by atoms with Crippen LogP contribution in [0, 0.1) is 33.3 Å². The summed E-state index contributed by atoms with van der Waals surface area (Å²) in [7, 11) is -4.81. The molecule has 14 nitrogen and oxygen atoms in total. The van der Waals surface area contributed by atoms with E-state index in [1.54, 1.807) is 17.6 Å².